The molecule has 0 bridgehead atoms. The number of nitrogens with zero attached hydrogens (tertiary/aromatic N) is 3. The highest BCUT2D eigenvalue weighted by Gasteiger charge is 2.29. The molecule has 4 nitrogen and oxygen atoms in total. The summed E-state index contributed by atoms with van der Waals surface area (Å²) < 4.78 is 0. The zero-order chi connectivity index (χ0) is 11.7. The Morgan fingerprint density at radius 3 is 2.76 bits per heavy atom. The average Bonchev–Trinajstić information content (AvgIpc) is 3.00. The van der Waals surface area contributed by atoms with Crippen molar-refractivity contribution in [2.45, 2.75) is 25.3 Å². The first kappa shape index (κ1) is 10.8. The summed E-state index contributed by atoms with van der Waals surface area (Å²) in [5, 5.41) is 0. The van der Waals surface area contributed by atoms with Crippen molar-refractivity contribution < 1.29 is 0 Å². The summed E-state index contributed by atoms with van der Waals surface area (Å²) in [6, 6.07) is 2.76. The van der Waals surface area contributed by atoms with Gasteiger partial charge in [-0.15, -0.1) is 0 Å². The second kappa shape index (κ2) is 4.53. The Morgan fingerprint density at radius 2 is 2.00 bits per heavy atom. The largest absolute Gasteiger partial charge is 0.397 e. The molecule has 1 unspecified atom stereocenters. The Hall–Kier alpha value is -1.29. The van der Waals surface area contributed by atoms with Gasteiger partial charge in [-0.25, -0.2) is 0 Å². The van der Waals surface area contributed by atoms with Crippen LogP contribution in [0.1, 0.15) is 19.3 Å². The van der Waals surface area contributed by atoms with E-state index in [-0.39, 0.29) is 0 Å². The van der Waals surface area contributed by atoms with E-state index in [0.29, 0.717) is 0 Å². The van der Waals surface area contributed by atoms with E-state index in [1.165, 1.54) is 38.0 Å². The summed E-state index contributed by atoms with van der Waals surface area (Å²) in [6.07, 6.45) is 7.64. The van der Waals surface area contributed by atoms with Crippen LogP contribution < -0.4 is 10.6 Å². The standard InChI is InChI=1S/C13H20N4/c14-11-7-13(9-15-8-11)17-6-3-12(10-17)16-4-1-2-5-16/h7-9,12H,1-6,10,14H2. The van der Waals surface area contributed by atoms with Crippen LogP contribution in [0.2, 0.25) is 0 Å². The minimum Gasteiger partial charge on any atom is -0.397 e. The highest BCUT2D eigenvalue weighted by molar-refractivity contribution is 5.54. The minimum atomic E-state index is 0.735. The number of nitrogen functional groups attached to an aromatic ring is 1. The Labute approximate surface area is 102 Å². The molecule has 1 atom stereocenters. The van der Waals surface area contributed by atoms with Crippen LogP contribution in [-0.4, -0.2) is 42.1 Å². The molecule has 17 heavy (non-hydrogen) atoms. The fraction of sp³-hybridized carbons (Fsp3) is 0.615. The highest BCUT2D eigenvalue weighted by atomic mass is 15.3. The molecule has 92 valence electrons. The number of hydrogen-bond acceptors (Lipinski definition) is 4. The molecule has 3 heterocycles. The van der Waals surface area contributed by atoms with Crippen LogP contribution in [0.3, 0.4) is 0 Å². The number of rotatable bonds is 2. The van der Waals surface area contributed by atoms with Crippen molar-refractivity contribution in [2.24, 2.45) is 0 Å². The summed E-state index contributed by atoms with van der Waals surface area (Å²) in [4.78, 5) is 9.22. The van der Waals surface area contributed by atoms with E-state index in [2.05, 4.69) is 14.8 Å². The monoisotopic (exact) mass is 232 g/mol. The van der Waals surface area contributed by atoms with Gasteiger partial charge < -0.3 is 10.6 Å². The van der Waals surface area contributed by atoms with Crippen molar-refractivity contribution in [3.8, 4) is 0 Å². The molecule has 1 aromatic rings. The number of hydrogen-bond donors (Lipinski definition) is 1. The zero-order valence-electron chi connectivity index (χ0n) is 10.2. The van der Waals surface area contributed by atoms with Gasteiger partial charge in [0, 0.05) is 25.3 Å². The third-order valence-electron chi connectivity index (χ3n) is 3.93. The lowest BCUT2D eigenvalue weighted by atomic mass is 10.2. The molecule has 0 radical (unpaired) electrons. The summed E-state index contributed by atoms with van der Waals surface area (Å²) in [5.74, 6) is 0. The molecule has 0 saturated carbocycles. The second-order valence-electron chi connectivity index (χ2n) is 5.11. The zero-order valence-corrected chi connectivity index (χ0v) is 10.2. The molecular formula is C13H20N4. The van der Waals surface area contributed by atoms with Crippen LogP contribution in [0, 0.1) is 0 Å². The fourth-order valence-corrected chi connectivity index (χ4v) is 3.00. The van der Waals surface area contributed by atoms with E-state index in [9.17, 15) is 0 Å². The molecule has 2 saturated heterocycles. The second-order valence-corrected chi connectivity index (χ2v) is 5.11. The van der Waals surface area contributed by atoms with Gasteiger partial charge in [-0.2, -0.15) is 0 Å². The number of pyridine rings is 1. The summed E-state index contributed by atoms with van der Waals surface area (Å²) in [6.45, 7) is 4.83. The first-order valence-corrected chi connectivity index (χ1v) is 6.52. The highest BCUT2D eigenvalue weighted by Crippen LogP contribution is 2.25. The molecule has 1 aromatic heterocycles. The lowest BCUT2D eigenvalue weighted by molar-refractivity contribution is 0.260. The third kappa shape index (κ3) is 2.22. The average molecular weight is 232 g/mol. The van der Waals surface area contributed by atoms with Crippen molar-refractivity contribution in [3.63, 3.8) is 0 Å². The van der Waals surface area contributed by atoms with E-state index in [1.54, 1.807) is 6.20 Å². The predicted molar refractivity (Wildman–Crippen MR) is 70.1 cm³/mol. The molecule has 2 fully saturated rings. The van der Waals surface area contributed by atoms with Crippen LogP contribution >= 0.6 is 0 Å². The van der Waals surface area contributed by atoms with Gasteiger partial charge in [0.25, 0.3) is 0 Å². The number of anilines is 2. The summed E-state index contributed by atoms with van der Waals surface area (Å²) >= 11 is 0. The van der Waals surface area contributed by atoms with Crippen LogP contribution in [0.4, 0.5) is 11.4 Å². The molecule has 0 amide bonds. The van der Waals surface area contributed by atoms with Crippen LogP contribution in [-0.2, 0) is 0 Å². The SMILES string of the molecule is Nc1cncc(N2CCC(N3CCCC3)C2)c1. The van der Waals surface area contributed by atoms with Crippen molar-refractivity contribution >= 4 is 11.4 Å². The quantitative estimate of drug-likeness (QED) is 0.836. The molecule has 0 aliphatic carbocycles. The van der Waals surface area contributed by atoms with Gasteiger partial charge in [0.05, 0.1) is 17.6 Å². The Kier molecular flexibility index (Phi) is 2.89. The first-order valence-electron chi connectivity index (χ1n) is 6.52. The van der Waals surface area contributed by atoms with Gasteiger partial charge in [0.15, 0.2) is 0 Å². The van der Waals surface area contributed by atoms with Crippen molar-refractivity contribution in [1.29, 1.82) is 0 Å². The number of nitrogens with two attached hydrogens (primary N) is 1. The smallest absolute Gasteiger partial charge is 0.0573 e. The lowest BCUT2D eigenvalue weighted by Crippen LogP contribution is -2.35. The van der Waals surface area contributed by atoms with E-state index in [1.807, 2.05) is 12.3 Å². The molecule has 2 aliphatic rings. The number of likely N-dealkylation sites (tertiary alicyclic amines) is 1. The normalized spacial score (nSPS) is 25.6. The maximum absolute atomic E-state index is 5.78. The van der Waals surface area contributed by atoms with Gasteiger partial charge in [-0.1, -0.05) is 0 Å². The van der Waals surface area contributed by atoms with Gasteiger partial charge in [0.2, 0.25) is 0 Å². The maximum atomic E-state index is 5.78. The Bertz CT molecular complexity index is 387. The van der Waals surface area contributed by atoms with E-state index < -0.39 is 0 Å². The fourth-order valence-electron chi connectivity index (χ4n) is 3.00. The molecular weight excluding hydrogens is 212 g/mol. The van der Waals surface area contributed by atoms with Crippen LogP contribution in [0.15, 0.2) is 18.5 Å². The van der Waals surface area contributed by atoms with E-state index >= 15 is 0 Å². The maximum Gasteiger partial charge on any atom is 0.0573 e. The van der Waals surface area contributed by atoms with E-state index in [4.69, 9.17) is 5.73 Å². The van der Waals surface area contributed by atoms with Crippen molar-refractivity contribution in [1.82, 2.24) is 9.88 Å². The van der Waals surface area contributed by atoms with Crippen molar-refractivity contribution in [3.05, 3.63) is 18.5 Å². The predicted octanol–water partition coefficient (Wildman–Crippen LogP) is 1.34. The molecule has 2 aliphatic heterocycles. The topological polar surface area (TPSA) is 45.4 Å². The first-order chi connectivity index (χ1) is 8.33. The van der Waals surface area contributed by atoms with Gasteiger partial charge in [-0.05, 0) is 38.4 Å². The molecule has 4 heteroatoms. The molecule has 0 spiro atoms. The van der Waals surface area contributed by atoms with Crippen LogP contribution in [0.5, 0.6) is 0 Å². The van der Waals surface area contributed by atoms with Crippen molar-refractivity contribution in [2.75, 3.05) is 36.8 Å². The molecule has 3 rings (SSSR count). The van der Waals surface area contributed by atoms with Gasteiger partial charge in [0.1, 0.15) is 0 Å². The Morgan fingerprint density at radius 1 is 1.18 bits per heavy atom. The molecule has 2 N–H and O–H groups in total. The van der Waals surface area contributed by atoms with Gasteiger partial charge in [-0.3, -0.25) is 9.88 Å². The number of aromatic nitrogens is 1. The third-order valence-corrected chi connectivity index (χ3v) is 3.93. The van der Waals surface area contributed by atoms with E-state index in [0.717, 1.165) is 24.8 Å². The lowest BCUT2D eigenvalue weighted by Gasteiger charge is -2.24. The summed E-state index contributed by atoms with van der Waals surface area (Å²) in [7, 11) is 0. The molecule has 0 aromatic carbocycles. The Balaban J connectivity index is 1.67. The minimum absolute atomic E-state index is 0.735. The summed E-state index contributed by atoms with van der Waals surface area (Å²) in [5.41, 5.74) is 7.71. The van der Waals surface area contributed by atoms with Crippen LogP contribution in [0.25, 0.3) is 0 Å². The van der Waals surface area contributed by atoms with Gasteiger partial charge >= 0.3 is 0 Å².